The number of unbranched alkanes of at least 4 members (excludes halogenated alkanes) is 47. The summed E-state index contributed by atoms with van der Waals surface area (Å²) in [5.41, 5.74) is 0. The van der Waals surface area contributed by atoms with E-state index >= 15 is 0 Å². The van der Waals surface area contributed by atoms with Crippen LogP contribution in [0.5, 0.6) is 0 Å². The van der Waals surface area contributed by atoms with Gasteiger partial charge in [0.15, 0.2) is 0 Å². The maximum atomic E-state index is 12.5. The Morgan fingerprint density at radius 1 is 0.386 bits per heavy atom. The Hall–Kier alpha value is -1.40. The number of ether oxygens (including phenoxy) is 1. The van der Waals surface area contributed by atoms with Gasteiger partial charge in [0.05, 0.1) is 25.4 Å². The molecule has 0 radical (unpaired) electrons. The van der Waals surface area contributed by atoms with Crippen molar-refractivity contribution in [3.05, 3.63) is 12.2 Å². The van der Waals surface area contributed by atoms with Crippen LogP contribution in [0, 0.1) is 0 Å². The summed E-state index contributed by atoms with van der Waals surface area (Å²) in [6, 6.07) is -0.542. The molecule has 0 aromatic heterocycles. The highest BCUT2D eigenvalue weighted by Crippen LogP contribution is 2.19. The summed E-state index contributed by atoms with van der Waals surface area (Å²) < 4.78 is 5.46. The zero-order chi connectivity index (χ0) is 50.7. The third-order valence-corrected chi connectivity index (χ3v) is 15.1. The second kappa shape index (κ2) is 60.2. The first-order valence-electron chi connectivity index (χ1n) is 31.9. The number of aliphatic hydroxyl groups is 2. The molecular weight excluding hydrogens is 863 g/mol. The van der Waals surface area contributed by atoms with Gasteiger partial charge >= 0.3 is 5.97 Å². The highest BCUT2D eigenvalue weighted by atomic mass is 16.5. The molecule has 0 fully saturated rings. The average Bonchev–Trinajstić information content (AvgIpc) is 3.36. The van der Waals surface area contributed by atoms with Crippen molar-refractivity contribution in [1.82, 2.24) is 5.32 Å². The average molecular weight is 989 g/mol. The Kier molecular flexibility index (Phi) is 59.0. The van der Waals surface area contributed by atoms with E-state index in [1.807, 2.05) is 0 Å². The van der Waals surface area contributed by atoms with Gasteiger partial charge < -0.3 is 20.3 Å². The minimum atomic E-state index is -0.664. The van der Waals surface area contributed by atoms with Gasteiger partial charge in [-0.2, -0.15) is 0 Å². The maximum Gasteiger partial charge on any atom is 0.305 e. The first-order valence-corrected chi connectivity index (χ1v) is 31.9. The van der Waals surface area contributed by atoms with Crippen LogP contribution in [0.1, 0.15) is 361 Å². The lowest BCUT2D eigenvalue weighted by Gasteiger charge is -2.22. The predicted molar refractivity (Wildman–Crippen MR) is 306 cm³/mol. The number of amides is 1. The van der Waals surface area contributed by atoms with Crippen molar-refractivity contribution in [3.63, 3.8) is 0 Å². The lowest BCUT2D eigenvalue weighted by atomic mass is 10.0. The highest BCUT2D eigenvalue weighted by molar-refractivity contribution is 5.76. The largest absolute Gasteiger partial charge is 0.466 e. The van der Waals surface area contributed by atoms with Crippen LogP contribution in [0.2, 0.25) is 0 Å². The molecule has 70 heavy (non-hydrogen) atoms. The SMILES string of the molecule is CCCC/C=C\CCCCCCCC(=O)OCCCCCCCCCCCCCCCCCCCCCCCCC(=O)NC(CO)C(O)CCCCCCCCCCCCCCCCCCCCCC. The molecule has 6 nitrogen and oxygen atoms in total. The molecule has 0 aromatic carbocycles. The van der Waals surface area contributed by atoms with Crippen molar-refractivity contribution < 1.29 is 24.5 Å². The van der Waals surface area contributed by atoms with Gasteiger partial charge in [0.2, 0.25) is 5.91 Å². The van der Waals surface area contributed by atoms with Crippen LogP contribution in [0.15, 0.2) is 12.2 Å². The topological polar surface area (TPSA) is 95.9 Å². The van der Waals surface area contributed by atoms with Gasteiger partial charge in [-0.05, 0) is 44.9 Å². The van der Waals surface area contributed by atoms with Crippen molar-refractivity contribution >= 4 is 11.9 Å². The van der Waals surface area contributed by atoms with Crippen molar-refractivity contribution in [2.45, 2.75) is 373 Å². The van der Waals surface area contributed by atoms with Gasteiger partial charge in [-0.3, -0.25) is 9.59 Å². The molecular formula is C64H125NO5. The van der Waals surface area contributed by atoms with Crippen molar-refractivity contribution in [2.75, 3.05) is 13.2 Å². The fourth-order valence-electron chi connectivity index (χ4n) is 10.2. The molecule has 6 heteroatoms. The molecule has 0 bridgehead atoms. The Labute approximate surface area is 438 Å². The van der Waals surface area contributed by atoms with Crippen LogP contribution in [0.3, 0.4) is 0 Å². The molecule has 0 heterocycles. The Bertz CT molecular complexity index is 1050. The van der Waals surface area contributed by atoms with Gasteiger partial charge in [0.1, 0.15) is 0 Å². The first-order chi connectivity index (χ1) is 34.5. The van der Waals surface area contributed by atoms with Crippen LogP contribution in [0.4, 0.5) is 0 Å². The Balaban J connectivity index is 3.38. The zero-order valence-electron chi connectivity index (χ0n) is 47.5. The van der Waals surface area contributed by atoms with E-state index in [1.54, 1.807) is 0 Å². The molecule has 0 aliphatic heterocycles. The molecule has 0 aromatic rings. The van der Waals surface area contributed by atoms with Gasteiger partial charge in [-0.15, -0.1) is 0 Å². The number of esters is 1. The van der Waals surface area contributed by atoms with Crippen LogP contribution < -0.4 is 5.32 Å². The number of rotatable bonds is 60. The van der Waals surface area contributed by atoms with E-state index in [0.717, 1.165) is 44.9 Å². The summed E-state index contributed by atoms with van der Waals surface area (Å²) in [7, 11) is 0. The third kappa shape index (κ3) is 55.9. The Morgan fingerprint density at radius 2 is 0.686 bits per heavy atom. The smallest absolute Gasteiger partial charge is 0.305 e. The minimum Gasteiger partial charge on any atom is -0.466 e. The number of aliphatic hydroxyl groups excluding tert-OH is 2. The van der Waals surface area contributed by atoms with E-state index in [-0.39, 0.29) is 18.5 Å². The number of carbonyl (C=O) groups is 2. The minimum absolute atomic E-state index is 0.00298. The van der Waals surface area contributed by atoms with Crippen LogP contribution in [0.25, 0.3) is 0 Å². The summed E-state index contributed by atoms with van der Waals surface area (Å²) in [5, 5.41) is 23.4. The van der Waals surface area contributed by atoms with Crippen LogP contribution in [-0.4, -0.2) is 47.4 Å². The van der Waals surface area contributed by atoms with E-state index in [0.29, 0.717) is 25.9 Å². The van der Waals surface area contributed by atoms with Gasteiger partial charge in [-0.1, -0.05) is 315 Å². The van der Waals surface area contributed by atoms with Crippen molar-refractivity contribution in [1.29, 1.82) is 0 Å². The first kappa shape index (κ1) is 68.6. The summed E-state index contributed by atoms with van der Waals surface area (Å²) in [6.45, 7) is 4.94. The monoisotopic (exact) mass is 988 g/mol. The molecule has 0 aliphatic carbocycles. The van der Waals surface area contributed by atoms with Crippen molar-refractivity contribution in [3.8, 4) is 0 Å². The molecule has 1 amide bonds. The fourth-order valence-corrected chi connectivity index (χ4v) is 10.2. The molecule has 2 atom stereocenters. The van der Waals surface area contributed by atoms with Crippen LogP contribution in [-0.2, 0) is 14.3 Å². The lowest BCUT2D eigenvalue weighted by molar-refractivity contribution is -0.143. The van der Waals surface area contributed by atoms with Crippen LogP contribution >= 0.6 is 0 Å². The van der Waals surface area contributed by atoms with E-state index in [1.165, 1.54) is 283 Å². The fraction of sp³-hybridized carbons (Fsp3) is 0.938. The number of hydrogen-bond acceptors (Lipinski definition) is 5. The normalized spacial score (nSPS) is 12.6. The van der Waals surface area contributed by atoms with Gasteiger partial charge in [0, 0.05) is 12.8 Å². The molecule has 3 N–H and O–H groups in total. The quantitative estimate of drug-likeness (QED) is 0.0321. The number of hydrogen-bond donors (Lipinski definition) is 3. The maximum absolute atomic E-state index is 12.5. The second-order valence-corrected chi connectivity index (χ2v) is 22.1. The zero-order valence-corrected chi connectivity index (χ0v) is 47.5. The second-order valence-electron chi connectivity index (χ2n) is 22.1. The third-order valence-electron chi connectivity index (χ3n) is 15.1. The lowest BCUT2D eigenvalue weighted by Crippen LogP contribution is -2.45. The Morgan fingerprint density at radius 3 is 1.06 bits per heavy atom. The van der Waals surface area contributed by atoms with E-state index in [2.05, 4.69) is 31.3 Å². The van der Waals surface area contributed by atoms with E-state index in [4.69, 9.17) is 4.74 Å². The molecule has 0 saturated heterocycles. The van der Waals surface area contributed by atoms with Gasteiger partial charge in [-0.25, -0.2) is 0 Å². The molecule has 0 spiro atoms. The standard InChI is InChI=1S/C64H125NO5/c1-3-5-7-9-11-13-15-16-17-18-19-24-27-30-33-37-40-44-48-52-56-62(67)61(60-66)65-63(68)57-53-49-45-41-38-34-31-28-25-22-20-21-23-26-29-32-35-39-43-47-51-55-59-70-64(69)58-54-50-46-42-36-14-12-10-8-6-4-2/h10,12,61-62,66-67H,3-9,11,13-60H2,1-2H3,(H,65,68)/b12-10-. The summed E-state index contributed by atoms with van der Waals surface area (Å²) in [6.07, 6.45) is 72.3. The summed E-state index contributed by atoms with van der Waals surface area (Å²) in [5.74, 6) is -0.0283. The van der Waals surface area contributed by atoms with E-state index in [9.17, 15) is 19.8 Å². The number of carbonyl (C=O) groups excluding carboxylic acids is 2. The highest BCUT2D eigenvalue weighted by Gasteiger charge is 2.20. The predicted octanol–water partition coefficient (Wildman–Crippen LogP) is 20.0. The van der Waals surface area contributed by atoms with E-state index < -0.39 is 12.1 Å². The molecule has 2 unspecified atom stereocenters. The molecule has 0 saturated carbocycles. The molecule has 0 aliphatic rings. The van der Waals surface area contributed by atoms with Crippen molar-refractivity contribution in [2.24, 2.45) is 0 Å². The number of nitrogens with one attached hydrogen (secondary N) is 1. The summed E-state index contributed by atoms with van der Waals surface area (Å²) >= 11 is 0. The molecule has 0 rings (SSSR count). The summed E-state index contributed by atoms with van der Waals surface area (Å²) in [4.78, 5) is 24.5. The molecule has 416 valence electrons. The number of allylic oxidation sites excluding steroid dienone is 2. The van der Waals surface area contributed by atoms with Gasteiger partial charge in [0.25, 0.3) is 0 Å².